The highest BCUT2D eigenvalue weighted by Gasteiger charge is 2.18. The van der Waals surface area contributed by atoms with E-state index in [4.69, 9.17) is 0 Å². The summed E-state index contributed by atoms with van der Waals surface area (Å²) in [5.41, 5.74) is 1.02. The maximum atomic E-state index is 9.37. The molecule has 0 aromatic carbocycles. The second-order valence-corrected chi connectivity index (χ2v) is 4.81. The Morgan fingerprint density at radius 2 is 2.20 bits per heavy atom. The van der Waals surface area contributed by atoms with Crippen molar-refractivity contribution in [3.8, 4) is 0 Å². The molecule has 84 valence electrons. The first-order chi connectivity index (χ1) is 7.34. The van der Waals surface area contributed by atoms with Gasteiger partial charge in [-0.25, -0.2) is 0 Å². The van der Waals surface area contributed by atoms with Crippen molar-refractivity contribution in [2.24, 2.45) is 5.92 Å². The fraction of sp³-hybridized carbons (Fsp3) is 0.800. The number of hydrogen-bond acceptors (Lipinski definition) is 5. The largest absolute Gasteiger partial charge is 0.393 e. The molecule has 0 spiro atoms. The summed E-state index contributed by atoms with van der Waals surface area (Å²) in [6.07, 6.45) is 4.16. The summed E-state index contributed by atoms with van der Waals surface area (Å²) >= 11 is 1.39. The fourth-order valence-electron chi connectivity index (χ4n) is 2.01. The Kier molecular flexibility index (Phi) is 4.05. The van der Waals surface area contributed by atoms with E-state index < -0.39 is 0 Å². The molecule has 2 rings (SSSR count). The first-order valence-corrected chi connectivity index (χ1v) is 6.33. The minimum atomic E-state index is -0.0519. The van der Waals surface area contributed by atoms with Gasteiger partial charge in [-0.2, -0.15) is 0 Å². The zero-order valence-corrected chi connectivity index (χ0v) is 9.54. The summed E-state index contributed by atoms with van der Waals surface area (Å²) in [5, 5.41) is 18.7. The van der Waals surface area contributed by atoms with Gasteiger partial charge in [-0.05, 0) is 49.7 Å². The van der Waals surface area contributed by atoms with Crippen molar-refractivity contribution >= 4 is 11.5 Å². The van der Waals surface area contributed by atoms with Gasteiger partial charge >= 0.3 is 0 Å². The smallest absolute Gasteiger partial charge is 0.0893 e. The standard InChI is InChI=1S/C10H17N3OS/c14-10-3-1-8(2-4-10)5-11-6-9-7-15-13-12-9/h7-8,10-11,14H,1-6H2. The SMILES string of the molecule is OC1CCC(CNCc2csnn2)CC1. The number of aliphatic hydroxyl groups excluding tert-OH is 1. The van der Waals surface area contributed by atoms with Crippen LogP contribution in [-0.2, 0) is 6.54 Å². The number of aromatic nitrogens is 2. The molecule has 1 fully saturated rings. The Morgan fingerprint density at radius 3 is 2.87 bits per heavy atom. The van der Waals surface area contributed by atoms with Crippen molar-refractivity contribution in [1.29, 1.82) is 0 Å². The number of rotatable bonds is 4. The van der Waals surface area contributed by atoms with Gasteiger partial charge in [-0.1, -0.05) is 4.49 Å². The Hall–Kier alpha value is -0.520. The monoisotopic (exact) mass is 227 g/mol. The molecule has 0 atom stereocenters. The summed E-state index contributed by atoms with van der Waals surface area (Å²) in [7, 11) is 0. The highest BCUT2D eigenvalue weighted by atomic mass is 32.1. The molecule has 1 aromatic heterocycles. The lowest BCUT2D eigenvalue weighted by Crippen LogP contribution is -2.27. The lowest BCUT2D eigenvalue weighted by atomic mass is 9.87. The first-order valence-electron chi connectivity index (χ1n) is 5.49. The zero-order chi connectivity index (χ0) is 10.5. The van der Waals surface area contributed by atoms with Crippen LogP contribution in [0.2, 0.25) is 0 Å². The van der Waals surface area contributed by atoms with E-state index in [0.29, 0.717) is 0 Å². The topological polar surface area (TPSA) is 58.0 Å². The molecule has 0 saturated heterocycles. The first kappa shape index (κ1) is 11.0. The zero-order valence-electron chi connectivity index (χ0n) is 8.72. The summed E-state index contributed by atoms with van der Waals surface area (Å²) < 4.78 is 3.82. The molecule has 0 radical (unpaired) electrons. The molecule has 1 aromatic rings. The Labute approximate surface area is 93.9 Å². The molecule has 0 bridgehead atoms. The number of nitrogens with zero attached hydrogens (tertiary/aromatic N) is 2. The fourth-order valence-corrected chi connectivity index (χ4v) is 2.47. The van der Waals surface area contributed by atoms with E-state index in [9.17, 15) is 5.11 Å². The van der Waals surface area contributed by atoms with Gasteiger partial charge in [0.1, 0.15) is 0 Å². The predicted octanol–water partition coefficient (Wildman–Crippen LogP) is 1.18. The van der Waals surface area contributed by atoms with Crippen LogP contribution < -0.4 is 5.32 Å². The van der Waals surface area contributed by atoms with Crippen LogP contribution in [0, 0.1) is 5.92 Å². The van der Waals surface area contributed by atoms with Gasteiger partial charge in [-0.15, -0.1) is 5.10 Å². The number of aliphatic hydroxyl groups is 1. The maximum absolute atomic E-state index is 9.37. The van der Waals surface area contributed by atoms with Crippen LogP contribution in [0.1, 0.15) is 31.4 Å². The van der Waals surface area contributed by atoms with Gasteiger partial charge in [0, 0.05) is 11.9 Å². The van der Waals surface area contributed by atoms with Crippen LogP contribution in [0.15, 0.2) is 5.38 Å². The minimum absolute atomic E-state index is 0.0519. The average molecular weight is 227 g/mol. The van der Waals surface area contributed by atoms with Crippen molar-refractivity contribution in [2.45, 2.75) is 38.3 Å². The molecule has 0 amide bonds. The Bertz CT molecular complexity index is 270. The van der Waals surface area contributed by atoms with Crippen LogP contribution in [-0.4, -0.2) is 27.3 Å². The van der Waals surface area contributed by atoms with Crippen molar-refractivity contribution in [1.82, 2.24) is 14.9 Å². The van der Waals surface area contributed by atoms with E-state index in [2.05, 4.69) is 14.9 Å². The normalized spacial score (nSPS) is 26.7. The summed E-state index contributed by atoms with van der Waals surface area (Å²) in [6, 6.07) is 0. The van der Waals surface area contributed by atoms with Crippen LogP contribution in [0.25, 0.3) is 0 Å². The second-order valence-electron chi connectivity index (χ2n) is 4.20. The van der Waals surface area contributed by atoms with Crippen molar-refractivity contribution < 1.29 is 5.11 Å². The van der Waals surface area contributed by atoms with Gasteiger partial charge in [-0.3, -0.25) is 0 Å². The van der Waals surface area contributed by atoms with Crippen LogP contribution >= 0.6 is 11.5 Å². The summed E-state index contributed by atoms with van der Waals surface area (Å²) in [5.74, 6) is 0.722. The van der Waals surface area contributed by atoms with Crippen molar-refractivity contribution in [2.75, 3.05) is 6.54 Å². The average Bonchev–Trinajstić information content (AvgIpc) is 2.74. The number of hydrogen-bond donors (Lipinski definition) is 2. The van der Waals surface area contributed by atoms with Gasteiger partial charge in [0.2, 0.25) is 0 Å². The third kappa shape index (κ3) is 3.52. The molecule has 1 aliphatic carbocycles. The van der Waals surface area contributed by atoms with Crippen LogP contribution in [0.5, 0.6) is 0 Å². The van der Waals surface area contributed by atoms with Gasteiger partial charge in [0.05, 0.1) is 11.8 Å². The van der Waals surface area contributed by atoms with E-state index >= 15 is 0 Å². The molecule has 15 heavy (non-hydrogen) atoms. The molecule has 1 aliphatic rings. The second kappa shape index (κ2) is 5.53. The summed E-state index contributed by atoms with van der Waals surface area (Å²) in [4.78, 5) is 0. The summed E-state index contributed by atoms with van der Waals surface area (Å²) in [6.45, 7) is 1.85. The van der Waals surface area contributed by atoms with Crippen LogP contribution in [0.3, 0.4) is 0 Å². The highest BCUT2D eigenvalue weighted by molar-refractivity contribution is 7.03. The molecule has 4 nitrogen and oxygen atoms in total. The molecule has 5 heteroatoms. The molecule has 0 aliphatic heterocycles. The Morgan fingerprint density at radius 1 is 1.40 bits per heavy atom. The quantitative estimate of drug-likeness (QED) is 0.811. The Balaban J connectivity index is 1.62. The van der Waals surface area contributed by atoms with E-state index in [1.54, 1.807) is 0 Å². The minimum Gasteiger partial charge on any atom is -0.393 e. The van der Waals surface area contributed by atoms with E-state index in [1.807, 2.05) is 5.38 Å². The van der Waals surface area contributed by atoms with Crippen LogP contribution in [0.4, 0.5) is 0 Å². The van der Waals surface area contributed by atoms with E-state index in [1.165, 1.54) is 11.5 Å². The van der Waals surface area contributed by atoms with Crippen molar-refractivity contribution in [3.63, 3.8) is 0 Å². The van der Waals surface area contributed by atoms with Gasteiger partial charge in [0.25, 0.3) is 0 Å². The predicted molar refractivity (Wildman–Crippen MR) is 59.6 cm³/mol. The third-order valence-electron chi connectivity index (χ3n) is 2.96. The molecule has 1 saturated carbocycles. The molecule has 2 N–H and O–H groups in total. The molecule has 1 heterocycles. The lowest BCUT2D eigenvalue weighted by Gasteiger charge is -2.25. The highest BCUT2D eigenvalue weighted by Crippen LogP contribution is 2.23. The van der Waals surface area contributed by atoms with E-state index in [0.717, 1.165) is 50.4 Å². The van der Waals surface area contributed by atoms with Gasteiger partial charge in [0.15, 0.2) is 0 Å². The van der Waals surface area contributed by atoms with Gasteiger partial charge < -0.3 is 10.4 Å². The number of nitrogens with one attached hydrogen (secondary N) is 1. The molecule has 0 unspecified atom stereocenters. The van der Waals surface area contributed by atoms with Crippen molar-refractivity contribution in [3.05, 3.63) is 11.1 Å². The molecular weight excluding hydrogens is 210 g/mol. The molecular formula is C10H17N3OS. The lowest BCUT2D eigenvalue weighted by molar-refractivity contribution is 0.108. The van der Waals surface area contributed by atoms with E-state index in [-0.39, 0.29) is 6.10 Å². The third-order valence-corrected chi connectivity index (χ3v) is 3.51. The maximum Gasteiger partial charge on any atom is 0.0893 e.